The van der Waals surface area contributed by atoms with Crippen molar-refractivity contribution in [3.8, 4) is 0 Å². The molecule has 1 aromatic rings. The first kappa shape index (κ1) is 12.6. The minimum atomic E-state index is 0.306. The summed E-state index contributed by atoms with van der Waals surface area (Å²) in [6.07, 6.45) is 5.73. The summed E-state index contributed by atoms with van der Waals surface area (Å²) in [5.41, 5.74) is 5.94. The summed E-state index contributed by atoms with van der Waals surface area (Å²) in [7, 11) is 2.00. The highest BCUT2D eigenvalue weighted by atomic mass is 15.3. The van der Waals surface area contributed by atoms with Gasteiger partial charge in [-0.15, -0.1) is 0 Å². The second kappa shape index (κ2) is 4.77. The van der Waals surface area contributed by atoms with Crippen molar-refractivity contribution in [1.82, 2.24) is 14.8 Å². The Morgan fingerprint density at radius 3 is 2.65 bits per heavy atom. The highest BCUT2D eigenvalue weighted by molar-refractivity contribution is 5.06. The third kappa shape index (κ3) is 3.28. The van der Waals surface area contributed by atoms with Gasteiger partial charge in [0.2, 0.25) is 0 Å². The van der Waals surface area contributed by atoms with Gasteiger partial charge in [0.05, 0.1) is 0 Å². The van der Waals surface area contributed by atoms with E-state index in [0.717, 1.165) is 37.5 Å². The molecule has 4 nitrogen and oxygen atoms in total. The molecular formula is C13H24N4. The maximum Gasteiger partial charge on any atom is 0.154 e. The van der Waals surface area contributed by atoms with Crippen molar-refractivity contribution in [2.75, 3.05) is 6.54 Å². The zero-order valence-electron chi connectivity index (χ0n) is 11.2. The number of aromatic nitrogens is 3. The Morgan fingerprint density at radius 1 is 1.35 bits per heavy atom. The topological polar surface area (TPSA) is 56.7 Å². The molecule has 0 atom stereocenters. The van der Waals surface area contributed by atoms with E-state index in [4.69, 9.17) is 5.73 Å². The van der Waals surface area contributed by atoms with Crippen LogP contribution in [0.15, 0.2) is 0 Å². The van der Waals surface area contributed by atoms with Gasteiger partial charge in [-0.05, 0) is 37.6 Å². The fraction of sp³-hybridized carbons (Fsp3) is 0.846. The van der Waals surface area contributed by atoms with Crippen molar-refractivity contribution in [2.24, 2.45) is 18.2 Å². The van der Waals surface area contributed by atoms with Gasteiger partial charge in [0.1, 0.15) is 5.82 Å². The smallest absolute Gasteiger partial charge is 0.154 e. The zero-order valence-corrected chi connectivity index (χ0v) is 11.2. The number of aryl methyl sites for hydroxylation is 2. The van der Waals surface area contributed by atoms with Crippen molar-refractivity contribution in [2.45, 2.75) is 51.9 Å². The predicted octanol–water partition coefficient (Wildman–Crippen LogP) is 2.00. The summed E-state index contributed by atoms with van der Waals surface area (Å²) in [6, 6.07) is 0. The molecule has 0 amide bonds. The molecule has 0 radical (unpaired) electrons. The third-order valence-electron chi connectivity index (χ3n) is 3.66. The summed E-state index contributed by atoms with van der Waals surface area (Å²) in [5, 5.41) is 4.50. The SMILES string of the molecule is Cn1nc(C2CC2)nc1CCC(C)(C)CCN. The van der Waals surface area contributed by atoms with E-state index >= 15 is 0 Å². The lowest BCUT2D eigenvalue weighted by Crippen LogP contribution is -2.18. The van der Waals surface area contributed by atoms with E-state index in [1.165, 1.54) is 12.8 Å². The molecule has 0 aliphatic heterocycles. The highest BCUT2D eigenvalue weighted by Gasteiger charge is 2.28. The van der Waals surface area contributed by atoms with Crippen LogP contribution in [0.3, 0.4) is 0 Å². The van der Waals surface area contributed by atoms with E-state index in [2.05, 4.69) is 23.9 Å². The fourth-order valence-electron chi connectivity index (χ4n) is 2.14. The monoisotopic (exact) mass is 236 g/mol. The molecule has 2 N–H and O–H groups in total. The minimum absolute atomic E-state index is 0.306. The van der Waals surface area contributed by atoms with Crippen LogP contribution in [0, 0.1) is 5.41 Å². The second-order valence-electron chi connectivity index (χ2n) is 5.99. The molecular weight excluding hydrogens is 212 g/mol. The Bertz CT molecular complexity index is 377. The first-order valence-electron chi connectivity index (χ1n) is 6.62. The van der Waals surface area contributed by atoms with Gasteiger partial charge in [-0.3, -0.25) is 4.68 Å². The van der Waals surface area contributed by atoms with Gasteiger partial charge < -0.3 is 5.73 Å². The largest absolute Gasteiger partial charge is 0.330 e. The Hall–Kier alpha value is -0.900. The molecule has 17 heavy (non-hydrogen) atoms. The van der Waals surface area contributed by atoms with Crippen molar-refractivity contribution in [1.29, 1.82) is 0 Å². The molecule has 2 rings (SSSR count). The van der Waals surface area contributed by atoms with Gasteiger partial charge >= 0.3 is 0 Å². The zero-order chi connectivity index (χ0) is 12.5. The number of nitrogens with zero attached hydrogens (tertiary/aromatic N) is 3. The third-order valence-corrected chi connectivity index (χ3v) is 3.66. The summed E-state index contributed by atoms with van der Waals surface area (Å²) < 4.78 is 1.95. The van der Waals surface area contributed by atoms with E-state index in [1.54, 1.807) is 0 Å². The first-order chi connectivity index (χ1) is 8.02. The van der Waals surface area contributed by atoms with Gasteiger partial charge in [-0.25, -0.2) is 4.98 Å². The minimum Gasteiger partial charge on any atom is -0.330 e. The first-order valence-corrected chi connectivity index (χ1v) is 6.62. The van der Waals surface area contributed by atoms with E-state index in [-0.39, 0.29) is 0 Å². The molecule has 4 heteroatoms. The molecule has 0 spiro atoms. The Labute approximate surface area is 104 Å². The summed E-state index contributed by atoms with van der Waals surface area (Å²) in [4.78, 5) is 4.66. The summed E-state index contributed by atoms with van der Waals surface area (Å²) in [6.45, 7) is 5.31. The summed E-state index contributed by atoms with van der Waals surface area (Å²) >= 11 is 0. The Morgan fingerprint density at radius 2 is 2.06 bits per heavy atom. The van der Waals surface area contributed by atoms with Crippen LogP contribution < -0.4 is 5.73 Å². The van der Waals surface area contributed by atoms with Crippen LogP contribution in [0.4, 0.5) is 0 Å². The lowest BCUT2D eigenvalue weighted by molar-refractivity contribution is 0.309. The average Bonchev–Trinajstić information content (AvgIpc) is 3.01. The molecule has 1 fully saturated rings. The fourth-order valence-corrected chi connectivity index (χ4v) is 2.14. The van der Waals surface area contributed by atoms with Crippen molar-refractivity contribution < 1.29 is 0 Å². The maximum absolute atomic E-state index is 5.63. The molecule has 1 aliphatic carbocycles. The van der Waals surface area contributed by atoms with Crippen molar-refractivity contribution in [3.63, 3.8) is 0 Å². The van der Waals surface area contributed by atoms with E-state index in [0.29, 0.717) is 11.3 Å². The molecule has 1 aliphatic rings. The lowest BCUT2D eigenvalue weighted by Gasteiger charge is -2.23. The van der Waals surface area contributed by atoms with E-state index in [9.17, 15) is 0 Å². The van der Waals surface area contributed by atoms with Gasteiger partial charge in [0.25, 0.3) is 0 Å². The quantitative estimate of drug-likeness (QED) is 0.822. The van der Waals surface area contributed by atoms with Crippen LogP contribution in [-0.4, -0.2) is 21.3 Å². The molecule has 1 heterocycles. The number of hydrogen-bond acceptors (Lipinski definition) is 3. The molecule has 0 saturated heterocycles. The summed E-state index contributed by atoms with van der Waals surface area (Å²) in [5.74, 6) is 2.82. The van der Waals surface area contributed by atoms with Crippen LogP contribution in [-0.2, 0) is 13.5 Å². The van der Waals surface area contributed by atoms with Crippen LogP contribution >= 0.6 is 0 Å². The van der Waals surface area contributed by atoms with Gasteiger partial charge in [0, 0.05) is 19.4 Å². The predicted molar refractivity (Wildman–Crippen MR) is 68.8 cm³/mol. The number of hydrogen-bond donors (Lipinski definition) is 1. The Balaban J connectivity index is 1.94. The molecule has 96 valence electrons. The Kier molecular flexibility index (Phi) is 3.52. The molecule has 1 saturated carbocycles. The van der Waals surface area contributed by atoms with Crippen LogP contribution in [0.25, 0.3) is 0 Å². The van der Waals surface area contributed by atoms with Gasteiger partial charge in [-0.1, -0.05) is 13.8 Å². The molecule has 0 aromatic carbocycles. The van der Waals surface area contributed by atoms with Crippen molar-refractivity contribution >= 4 is 0 Å². The van der Waals surface area contributed by atoms with Crippen molar-refractivity contribution in [3.05, 3.63) is 11.6 Å². The normalized spacial score (nSPS) is 16.5. The maximum atomic E-state index is 5.63. The molecule has 0 unspecified atom stereocenters. The van der Waals surface area contributed by atoms with E-state index in [1.807, 2.05) is 11.7 Å². The second-order valence-corrected chi connectivity index (χ2v) is 5.99. The molecule has 0 bridgehead atoms. The van der Waals surface area contributed by atoms with Gasteiger partial charge in [0.15, 0.2) is 5.82 Å². The van der Waals surface area contributed by atoms with Crippen LogP contribution in [0.5, 0.6) is 0 Å². The van der Waals surface area contributed by atoms with Crippen LogP contribution in [0.2, 0.25) is 0 Å². The van der Waals surface area contributed by atoms with Gasteiger partial charge in [-0.2, -0.15) is 5.10 Å². The average molecular weight is 236 g/mol. The highest BCUT2D eigenvalue weighted by Crippen LogP contribution is 2.38. The lowest BCUT2D eigenvalue weighted by atomic mass is 9.84. The molecule has 1 aromatic heterocycles. The number of rotatable bonds is 6. The number of nitrogens with two attached hydrogens (primary N) is 1. The van der Waals surface area contributed by atoms with E-state index < -0.39 is 0 Å². The van der Waals surface area contributed by atoms with Crippen LogP contribution in [0.1, 0.15) is 57.1 Å². The standard InChI is InChI=1S/C13H24N4/c1-13(2,8-9-14)7-6-11-15-12(10-4-5-10)16-17(11)3/h10H,4-9,14H2,1-3H3.